The Labute approximate surface area is 88.0 Å². The molecule has 54 valence electrons. The Kier molecular flexibility index (Phi) is 4.18. The van der Waals surface area contributed by atoms with Gasteiger partial charge in [-0.25, -0.2) is 0 Å². The van der Waals surface area contributed by atoms with E-state index < -0.39 is 5.97 Å². The summed E-state index contributed by atoms with van der Waals surface area (Å²) in [7, 11) is 0. The van der Waals surface area contributed by atoms with Crippen LogP contribution < -0.4 is 40.4 Å². The molecule has 1 aromatic carbocycles. The molecule has 0 amide bonds. The predicted octanol–water partition coefficient (Wildman–Crippen LogP) is -3.12. The van der Waals surface area contributed by atoms with Crippen LogP contribution in [0, 0.1) is 0 Å². The first kappa shape index (κ1) is 10.5. The third kappa shape index (κ3) is 2.93. The van der Waals surface area contributed by atoms with Crippen LogP contribution in [0.2, 0.25) is 0 Å². The number of aromatic carboxylic acids is 1. The first-order valence-electron chi connectivity index (χ1n) is 2.77. The number of carboxylic acid groups (broad SMARTS) is 1. The van der Waals surface area contributed by atoms with Crippen molar-refractivity contribution in [1.29, 1.82) is 0 Å². The molecular weight excluding hydrogens is 153 g/mol. The molecule has 0 spiro atoms. The first-order chi connectivity index (χ1) is 4.70. The van der Waals surface area contributed by atoms with Gasteiger partial charge in [0.25, 0.3) is 0 Å². The van der Waals surface area contributed by atoms with Gasteiger partial charge in [0, 0.05) is 7.11 Å². The van der Waals surface area contributed by atoms with E-state index in [2.05, 4.69) is 0 Å². The maximum Gasteiger partial charge on any atom is 1.00 e. The van der Waals surface area contributed by atoms with Crippen LogP contribution in [0.1, 0.15) is 11.8 Å². The minimum Gasteiger partial charge on any atom is -0.545 e. The number of carbonyl (C=O) groups is 1. The number of hydrogen-bond donors (Lipinski definition) is 1. The van der Waals surface area contributed by atoms with Crippen molar-refractivity contribution in [2.75, 3.05) is 5.73 Å². The molecule has 0 aromatic heterocycles. The van der Waals surface area contributed by atoms with Gasteiger partial charge >= 0.3 is 29.6 Å². The van der Waals surface area contributed by atoms with E-state index in [1.54, 1.807) is 0 Å². The van der Waals surface area contributed by atoms with Crippen molar-refractivity contribution in [3.05, 3.63) is 29.8 Å². The number of anilines is 1. The minimum atomic E-state index is -1.18. The second-order valence-electron chi connectivity index (χ2n) is 1.91. The molecule has 0 fully saturated rings. The number of hydrogen-bond acceptors (Lipinski definition) is 3. The topological polar surface area (TPSA) is 66.2 Å². The molecule has 0 radical (unpaired) electrons. The molecule has 4 heteroatoms. The van der Waals surface area contributed by atoms with Crippen LogP contribution in [0.25, 0.3) is 0 Å². The Balaban J connectivity index is 0. The summed E-state index contributed by atoms with van der Waals surface area (Å²) in [5.74, 6) is -1.18. The van der Waals surface area contributed by atoms with E-state index in [4.69, 9.17) is 5.73 Å². The van der Waals surface area contributed by atoms with Crippen LogP contribution in [0.15, 0.2) is 24.3 Å². The maximum atomic E-state index is 10.2. The van der Waals surface area contributed by atoms with E-state index in [0.29, 0.717) is 5.69 Å². The van der Waals surface area contributed by atoms with Crippen molar-refractivity contribution in [2.45, 2.75) is 0 Å². The molecule has 0 bridgehead atoms. The van der Waals surface area contributed by atoms with Crippen LogP contribution in [0.3, 0.4) is 0 Å². The third-order valence-corrected chi connectivity index (χ3v) is 1.15. The fourth-order valence-corrected chi connectivity index (χ4v) is 0.619. The summed E-state index contributed by atoms with van der Waals surface area (Å²) in [6.45, 7) is 0. The third-order valence-electron chi connectivity index (χ3n) is 1.15. The summed E-state index contributed by atoms with van der Waals surface area (Å²) in [5, 5.41) is 10.2. The average molecular weight is 161 g/mol. The SMILES string of the molecule is Nc1ccc(C(=O)[O-])cc1.[HH].[Na+]. The minimum absolute atomic E-state index is 0. The molecule has 1 aromatic rings. The Hall–Kier alpha value is -0.510. The number of carbonyl (C=O) groups excluding carboxylic acids is 1. The molecule has 11 heavy (non-hydrogen) atoms. The van der Waals surface area contributed by atoms with E-state index in [9.17, 15) is 9.90 Å². The van der Waals surface area contributed by atoms with Crippen LogP contribution >= 0.6 is 0 Å². The van der Waals surface area contributed by atoms with Gasteiger partial charge in [-0.1, -0.05) is 12.1 Å². The normalized spacial score (nSPS) is 8.36. The van der Waals surface area contributed by atoms with Crippen LogP contribution in [-0.4, -0.2) is 5.97 Å². The number of rotatable bonds is 1. The summed E-state index contributed by atoms with van der Waals surface area (Å²) >= 11 is 0. The van der Waals surface area contributed by atoms with Gasteiger partial charge in [0.2, 0.25) is 0 Å². The molecule has 0 saturated carbocycles. The molecule has 2 N–H and O–H groups in total. The van der Waals surface area contributed by atoms with E-state index in [1.807, 2.05) is 0 Å². The summed E-state index contributed by atoms with van der Waals surface area (Å²) in [5.41, 5.74) is 6.01. The standard InChI is InChI=1S/C7H7NO2.Na.H2/c8-6-3-1-5(2-4-6)7(9)10;;/h1-4H,8H2,(H,9,10);;1H/q;+1;/p-1. The van der Waals surface area contributed by atoms with Crippen molar-refractivity contribution in [1.82, 2.24) is 0 Å². The summed E-state index contributed by atoms with van der Waals surface area (Å²) in [6, 6.07) is 5.85. The van der Waals surface area contributed by atoms with Crippen molar-refractivity contribution in [2.24, 2.45) is 0 Å². The summed E-state index contributed by atoms with van der Waals surface area (Å²) in [4.78, 5) is 10.2. The van der Waals surface area contributed by atoms with Crippen LogP contribution in [-0.2, 0) is 0 Å². The van der Waals surface area contributed by atoms with Crippen molar-refractivity contribution < 1.29 is 40.9 Å². The van der Waals surface area contributed by atoms with E-state index in [-0.39, 0.29) is 36.5 Å². The fraction of sp³-hybridized carbons (Fsp3) is 0. The van der Waals surface area contributed by atoms with Gasteiger partial charge in [0.05, 0.1) is 5.97 Å². The molecule has 3 nitrogen and oxygen atoms in total. The monoisotopic (exact) mass is 161 g/mol. The van der Waals surface area contributed by atoms with E-state index in [0.717, 1.165) is 0 Å². The molecule has 0 unspecified atom stereocenters. The zero-order valence-electron chi connectivity index (χ0n) is 6.20. The molecule has 0 atom stereocenters. The number of benzene rings is 1. The Morgan fingerprint density at radius 2 is 1.82 bits per heavy atom. The van der Waals surface area contributed by atoms with E-state index >= 15 is 0 Å². The van der Waals surface area contributed by atoms with Crippen LogP contribution in [0.4, 0.5) is 5.69 Å². The van der Waals surface area contributed by atoms with Gasteiger partial charge in [0.15, 0.2) is 0 Å². The van der Waals surface area contributed by atoms with Crippen LogP contribution in [0.5, 0.6) is 0 Å². The quantitative estimate of drug-likeness (QED) is 0.350. The smallest absolute Gasteiger partial charge is 0.545 e. The average Bonchev–Trinajstić information content (AvgIpc) is 1.88. The molecule has 0 heterocycles. The largest absolute Gasteiger partial charge is 1.00 e. The molecule has 0 saturated heterocycles. The zero-order valence-corrected chi connectivity index (χ0v) is 8.20. The summed E-state index contributed by atoms with van der Waals surface area (Å²) < 4.78 is 0. The predicted molar refractivity (Wildman–Crippen MR) is 37.3 cm³/mol. The zero-order chi connectivity index (χ0) is 7.56. The number of carboxylic acids is 1. The first-order valence-corrected chi connectivity index (χ1v) is 2.77. The number of nitrogen functional groups attached to an aromatic ring is 1. The number of nitrogens with two attached hydrogens (primary N) is 1. The maximum absolute atomic E-state index is 10.2. The second-order valence-corrected chi connectivity index (χ2v) is 1.91. The van der Waals surface area contributed by atoms with Crippen molar-refractivity contribution in [3.8, 4) is 0 Å². The summed E-state index contributed by atoms with van der Waals surface area (Å²) in [6.07, 6.45) is 0. The molecule has 0 aliphatic heterocycles. The van der Waals surface area contributed by atoms with Gasteiger partial charge in [-0.05, 0) is 17.7 Å². The molecule has 1 rings (SSSR count). The molecule has 0 aliphatic rings. The van der Waals surface area contributed by atoms with Gasteiger partial charge in [-0.3, -0.25) is 0 Å². The Morgan fingerprint density at radius 3 is 2.18 bits per heavy atom. The van der Waals surface area contributed by atoms with Gasteiger partial charge in [-0.2, -0.15) is 0 Å². The second kappa shape index (κ2) is 4.38. The van der Waals surface area contributed by atoms with Crippen molar-refractivity contribution in [3.63, 3.8) is 0 Å². The Bertz CT molecular complexity index is 250. The Morgan fingerprint density at radius 1 is 1.36 bits per heavy atom. The van der Waals surface area contributed by atoms with Gasteiger partial charge in [0.1, 0.15) is 0 Å². The fourth-order valence-electron chi connectivity index (χ4n) is 0.619. The van der Waals surface area contributed by atoms with E-state index in [1.165, 1.54) is 24.3 Å². The van der Waals surface area contributed by atoms with Crippen molar-refractivity contribution >= 4 is 11.7 Å². The molecular formula is C7H8NNaO2. The van der Waals surface area contributed by atoms with Gasteiger partial charge < -0.3 is 15.6 Å². The molecule has 0 aliphatic carbocycles. The van der Waals surface area contributed by atoms with Gasteiger partial charge in [-0.15, -0.1) is 0 Å².